The number of para-hydroxylation sites is 1. The van der Waals surface area contributed by atoms with E-state index in [1.54, 1.807) is 0 Å². The fraction of sp³-hybridized carbons (Fsp3) is 0.444. The Morgan fingerprint density at radius 2 is 1.79 bits per heavy atom. The van der Waals surface area contributed by atoms with Crippen LogP contribution < -0.4 is 4.74 Å². The molecule has 3 aromatic rings. The lowest BCUT2D eigenvalue weighted by atomic mass is 10.2. The van der Waals surface area contributed by atoms with Gasteiger partial charge in [0, 0.05) is 30.8 Å². The standard InChI is InChI=1S/C27H34ClN3O3/c1-19(2)17-33-18-24(32)15-30(22-11-12-22)16-26-20(3)29-31(23-7-5-4-6-8-23)27(26)34-25-13-9-21(28)10-14-25/h4-10,13-14,19,22,24,32H,11-12,15-18H2,1-3H3. The molecule has 7 heteroatoms. The maximum atomic E-state index is 10.6. The van der Waals surface area contributed by atoms with Crippen LogP contribution in [0.25, 0.3) is 5.69 Å². The lowest BCUT2D eigenvalue weighted by molar-refractivity contribution is 0.00536. The Morgan fingerprint density at radius 3 is 2.44 bits per heavy atom. The first kappa shape index (κ1) is 24.7. The number of rotatable bonds is 12. The molecule has 0 radical (unpaired) electrons. The molecule has 1 atom stereocenters. The number of benzene rings is 2. The average molecular weight is 484 g/mol. The second kappa shape index (κ2) is 11.4. The molecule has 1 N–H and O–H groups in total. The van der Waals surface area contributed by atoms with Crippen LogP contribution in [0.4, 0.5) is 0 Å². The van der Waals surface area contributed by atoms with Gasteiger partial charge in [0.25, 0.3) is 0 Å². The Morgan fingerprint density at radius 1 is 1.09 bits per heavy atom. The highest BCUT2D eigenvalue weighted by atomic mass is 35.5. The third kappa shape index (κ3) is 6.60. The van der Waals surface area contributed by atoms with E-state index in [0.717, 1.165) is 29.8 Å². The first-order chi connectivity index (χ1) is 16.4. The number of aryl methyl sites for hydroxylation is 1. The molecule has 0 spiro atoms. The van der Waals surface area contributed by atoms with Crippen molar-refractivity contribution in [3.8, 4) is 17.3 Å². The molecule has 34 heavy (non-hydrogen) atoms. The quantitative estimate of drug-likeness (QED) is 0.362. The molecule has 0 bridgehead atoms. The highest BCUT2D eigenvalue weighted by Gasteiger charge is 2.32. The van der Waals surface area contributed by atoms with Crippen molar-refractivity contribution in [1.29, 1.82) is 0 Å². The highest BCUT2D eigenvalue weighted by Crippen LogP contribution is 2.35. The van der Waals surface area contributed by atoms with Gasteiger partial charge in [-0.2, -0.15) is 5.10 Å². The van der Waals surface area contributed by atoms with E-state index in [1.165, 1.54) is 0 Å². The largest absolute Gasteiger partial charge is 0.439 e. The van der Waals surface area contributed by atoms with Crippen molar-refractivity contribution < 1.29 is 14.6 Å². The first-order valence-corrected chi connectivity index (χ1v) is 12.4. The number of ether oxygens (including phenoxy) is 2. The summed E-state index contributed by atoms with van der Waals surface area (Å²) in [5.41, 5.74) is 2.85. The van der Waals surface area contributed by atoms with Gasteiger partial charge in [-0.3, -0.25) is 4.90 Å². The minimum absolute atomic E-state index is 0.345. The van der Waals surface area contributed by atoms with Crippen molar-refractivity contribution in [2.24, 2.45) is 5.92 Å². The summed E-state index contributed by atoms with van der Waals surface area (Å²) in [4.78, 5) is 2.33. The van der Waals surface area contributed by atoms with E-state index in [1.807, 2.05) is 66.2 Å². The SMILES string of the molecule is Cc1nn(-c2ccccc2)c(Oc2ccc(Cl)cc2)c1CN(CC(O)COCC(C)C)C1CC1. The predicted molar refractivity (Wildman–Crippen MR) is 135 cm³/mol. The van der Waals surface area contributed by atoms with Gasteiger partial charge in [-0.1, -0.05) is 43.6 Å². The minimum Gasteiger partial charge on any atom is -0.439 e. The van der Waals surface area contributed by atoms with Gasteiger partial charge in [0.1, 0.15) is 5.75 Å². The Hall–Kier alpha value is -2.38. The van der Waals surface area contributed by atoms with E-state index < -0.39 is 6.10 Å². The zero-order valence-corrected chi connectivity index (χ0v) is 20.9. The molecule has 0 saturated heterocycles. The molecular weight excluding hydrogens is 450 g/mol. The summed E-state index contributed by atoms with van der Waals surface area (Å²) in [5, 5.41) is 16.1. The maximum Gasteiger partial charge on any atom is 0.227 e. The van der Waals surface area contributed by atoms with Gasteiger partial charge in [0.15, 0.2) is 0 Å². The lowest BCUT2D eigenvalue weighted by Crippen LogP contribution is -2.36. The minimum atomic E-state index is -0.538. The maximum absolute atomic E-state index is 10.6. The third-order valence-corrected chi connectivity index (χ3v) is 6.05. The molecule has 1 aliphatic carbocycles. The molecule has 1 aromatic heterocycles. The normalized spacial score (nSPS) is 14.7. The van der Waals surface area contributed by atoms with Crippen LogP contribution in [0.1, 0.15) is 37.9 Å². The summed E-state index contributed by atoms with van der Waals surface area (Å²) in [6.45, 7) is 8.43. The summed E-state index contributed by atoms with van der Waals surface area (Å²) < 4.78 is 13.9. The number of hydrogen-bond acceptors (Lipinski definition) is 5. The van der Waals surface area contributed by atoms with E-state index in [2.05, 4.69) is 18.7 Å². The molecule has 6 nitrogen and oxygen atoms in total. The van der Waals surface area contributed by atoms with Crippen molar-refractivity contribution in [2.75, 3.05) is 19.8 Å². The number of halogens is 1. The molecule has 4 rings (SSSR count). The lowest BCUT2D eigenvalue weighted by Gasteiger charge is -2.25. The summed E-state index contributed by atoms with van der Waals surface area (Å²) in [6.07, 6.45) is 1.74. The molecule has 2 aromatic carbocycles. The van der Waals surface area contributed by atoms with Crippen LogP contribution in [0.15, 0.2) is 54.6 Å². The Labute approximate surface area is 207 Å². The van der Waals surface area contributed by atoms with Crippen molar-refractivity contribution in [1.82, 2.24) is 14.7 Å². The number of aliphatic hydroxyl groups is 1. The van der Waals surface area contributed by atoms with Crippen LogP contribution in [-0.4, -0.2) is 51.7 Å². The van der Waals surface area contributed by atoms with Gasteiger partial charge < -0.3 is 14.6 Å². The number of aliphatic hydroxyl groups excluding tert-OH is 1. The second-order valence-corrected chi connectivity index (χ2v) is 9.85. The van der Waals surface area contributed by atoms with Crippen LogP contribution >= 0.6 is 11.6 Å². The van der Waals surface area contributed by atoms with Crippen LogP contribution in [0.3, 0.4) is 0 Å². The van der Waals surface area contributed by atoms with E-state index in [-0.39, 0.29) is 0 Å². The van der Waals surface area contributed by atoms with Crippen molar-refractivity contribution in [2.45, 2.75) is 52.3 Å². The average Bonchev–Trinajstić information content (AvgIpc) is 3.62. The summed E-state index contributed by atoms with van der Waals surface area (Å²) >= 11 is 6.08. The highest BCUT2D eigenvalue weighted by molar-refractivity contribution is 6.30. The Kier molecular flexibility index (Phi) is 8.27. The molecule has 1 heterocycles. The molecule has 1 unspecified atom stereocenters. The van der Waals surface area contributed by atoms with E-state index in [9.17, 15) is 5.11 Å². The van der Waals surface area contributed by atoms with Gasteiger partial charge >= 0.3 is 0 Å². The monoisotopic (exact) mass is 483 g/mol. The van der Waals surface area contributed by atoms with Gasteiger partial charge in [-0.25, -0.2) is 4.68 Å². The first-order valence-electron chi connectivity index (χ1n) is 12.0. The molecule has 1 fully saturated rings. The molecule has 0 aliphatic heterocycles. The second-order valence-electron chi connectivity index (χ2n) is 9.42. The molecule has 182 valence electrons. The zero-order valence-electron chi connectivity index (χ0n) is 20.2. The van der Waals surface area contributed by atoms with E-state index in [4.69, 9.17) is 26.2 Å². The zero-order chi connectivity index (χ0) is 24.1. The summed E-state index contributed by atoms with van der Waals surface area (Å²) in [6, 6.07) is 17.8. The van der Waals surface area contributed by atoms with Crippen LogP contribution in [-0.2, 0) is 11.3 Å². The molecule has 1 aliphatic rings. The fourth-order valence-corrected chi connectivity index (χ4v) is 4.06. The van der Waals surface area contributed by atoms with Gasteiger partial charge in [0.2, 0.25) is 5.88 Å². The number of hydrogen-bond donors (Lipinski definition) is 1. The molecule has 1 saturated carbocycles. The smallest absolute Gasteiger partial charge is 0.227 e. The van der Waals surface area contributed by atoms with Gasteiger partial charge in [-0.05, 0) is 62.1 Å². The predicted octanol–water partition coefficient (Wildman–Crippen LogP) is 5.62. The Bertz CT molecular complexity index is 1050. The van der Waals surface area contributed by atoms with Crippen LogP contribution in [0.2, 0.25) is 5.02 Å². The molecule has 0 amide bonds. The topological polar surface area (TPSA) is 59.8 Å². The van der Waals surface area contributed by atoms with Crippen LogP contribution in [0.5, 0.6) is 11.6 Å². The van der Waals surface area contributed by atoms with Gasteiger partial charge in [-0.15, -0.1) is 0 Å². The van der Waals surface area contributed by atoms with Gasteiger partial charge in [0.05, 0.1) is 29.7 Å². The Balaban J connectivity index is 1.59. The van der Waals surface area contributed by atoms with Crippen molar-refractivity contribution in [3.63, 3.8) is 0 Å². The van der Waals surface area contributed by atoms with Crippen molar-refractivity contribution >= 4 is 11.6 Å². The fourth-order valence-electron chi connectivity index (χ4n) is 3.93. The van der Waals surface area contributed by atoms with Crippen molar-refractivity contribution in [3.05, 3.63) is 70.9 Å². The number of aromatic nitrogens is 2. The van der Waals surface area contributed by atoms with E-state index in [0.29, 0.717) is 54.9 Å². The van der Waals surface area contributed by atoms with Crippen LogP contribution in [0, 0.1) is 12.8 Å². The van der Waals surface area contributed by atoms with E-state index >= 15 is 0 Å². The summed E-state index contributed by atoms with van der Waals surface area (Å²) in [7, 11) is 0. The number of nitrogens with zero attached hydrogens (tertiary/aromatic N) is 3. The molecular formula is C27H34ClN3O3. The summed E-state index contributed by atoms with van der Waals surface area (Å²) in [5.74, 6) is 1.83. The third-order valence-electron chi connectivity index (χ3n) is 5.80.